The molecule has 1 atom stereocenters. The number of halogens is 1. The van der Waals surface area contributed by atoms with Gasteiger partial charge in [0, 0.05) is 16.8 Å². The fourth-order valence-electron chi connectivity index (χ4n) is 2.90. The van der Waals surface area contributed by atoms with Gasteiger partial charge < -0.3 is 24.8 Å². The van der Waals surface area contributed by atoms with Gasteiger partial charge in [-0.1, -0.05) is 11.6 Å². The van der Waals surface area contributed by atoms with Crippen LogP contribution in [0.5, 0.6) is 17.2 Å². The summed E-state index contributed by atoms with van der Waals surface area (Å²) in [5.41, 5.74) is 1.06. The Labute approximate surface area is 180 Å². The van der Waals surface area contributed by atoms with Crippen LogP contribution in [0.1, 0.15) is 6.92 Å². The molecule has 2 N–H and O–H groups in total. The van der Waals surface area contributed by atoms with Gasteiger partial charge in [-0.05, 0) is 44.3 Å². The molecule has 160 valence electrons. The van der Waals surface area contributed by atoms with Gasteiger partial charge in [0.05, 0.1) is 25.4 Å². The summed E-state index contributed by atoms with van der Waals surface area (Å²) >= 11 is 5.99. The van der Waals surface area contributed by atoms with E-state index < -0.39 is 6.04 Å². The molecule has 1 aliphatic rings. The Kier molecular flexibility index (Phi) is 7.02. The first kappa shape index (κ1) is 21.7. The molecule has 0 saturated heterocycles. The topological polar surface area (TPSA) is 89.1 Å². The maximum Gasteiger partial charge on any atom is 0.241 e. The molecule has 1 aliphatic heterocycles. The predicted octanol–water partition coefficient (Wildman–Crippen LogP) is 3.02. The third kappa shape index (κ3) is 5.34. The van der Waals surface area contributed by atoms with E-state index in [0.29, 0.717) is 46.9 Å². The zero-order chi connectivity index (χ0) is 21.7. The van der Waals surface area contributed by atoms with E-state index in [-0.39, 0.29) is 18.4 Å². The zero-order valence-electron chi connectivity index (χ0n) is 17.0. The molecule has 9 heteroatoms. The standard InChI is InChI=1S/C21H24ClN3O5/c1-13(21(27)23-15-5-7-18-19(11-15)30-9-8-29-18)25(2)12-20(26)24-16-10-14(22)4-6-17(16)28-3/h4-7,10-11,13H,8-9,12H2,1-3H3,(H,23,27)(H,24,26). The quantitative estimate of drug-likeness (QED) is 0.697. The highest BCUT2D eigenvalue weighted by atomic mass is 35.5. The summed E-state index contributed by atoms with van der Waals surface area (Å²) in [6, 6.07) is 9.62. The van der Waals surface area contributed by atoms with Crippen molar-refractivity contribution in [1.29, 1.82) is 0 Å². The van der Waals surface area contributed by atoms with Crippen LogP contribution in [0.15, 0.2) is 36.4 Å². The predicted molar refractivity (Wildman–Crippen MR) is 115 cm³/mol. The third-order valence-corrected chi connectivity index (χ3v) is 4.91. The smallest absolute Gasteiger partial charge is 0.241 e. The van der Waals surface area contributed by atoms with Crippen molar-refractivity contribution >= 4 is 34.8 Å². The number of nitrogens with one attached hydrogen (secondary N) is 2. The van der Waals surface area contributed by atoms with Crippen LogP contribution in [-0.2, 0) is 9.59 Å². The molecule has 1 heterocycles. The molecule has 0 aromatic heterocycles. The van der Waals surface area contributed by atoms with Crippen molar-refractivity contribution < 1.29 is 23.8 Å². The van der Waals surface area contributed by atoms with Crippen LogP contribution in [0.2, 0.25) is 5.02 Å². The Bertz CT molecular complexity index is 937. The van der Waals surface area contributed by atoms with Crippen LogP contribution in [0, 0.1) is 0 Å². The van der Waals surface area contributed by atoms with E-state index >= 15 is 0 Å². The summed E-state index contributed by atoms with van der Waals surface area (Å²) in [5, 5.41) is 6.07. The molecule has 3 rings (SSSR count). The highest BCUT2D eigenvalue weighted by Gasteiger charge is 2.22. The fraction of sp³-hybridized carbons (Fsp3) is 0.333. The maximum absolute atomic E-state index is 12.6. The van der Waals surface area contributed by atoms with E-state index in [1.807, 2.05) is 0 Å². The summed E-state index contributed by atoms with van der Waals surface area (Å²) in [6.07, 6.45) is 0. The molecule has 0 spiro atoms. The number of rotatable bonds is 7. The number of likely N-dealkylation sites (N-methyl/N-ethyl adjacent to an activating group) is 1. The normalized spacial score (nSPS) is 13.5. The van der Waals surface area contributed by atoms with Gasteiger partial charge in [-0.2, -0.15) is 0 Å². The molecule has 0 radical (unpaired) electrons. The zero-order valence-corrected chi connectivity index (χ0v) is 17.8. The number of methoxy groups -OCH3 is 1. The van der Waals surface area contributed by atoms with Crippen LogP contribution >= 0.6 is 11.6 Å². The highest BCUT2D eigenvalue weighted by molar-refractivity contribution is 6.31. The first-order valence-electron chi connectivity index (χ1n) is 9.41. The van der Waals surface area contributed by atoms with Crippen molar-refractivity contribution in [2.24, 2.45) is 0 Å². The first-order chi connectivity index (χ1) is 14.4. The first-order valence-corrected chi connectivity index (χ1v) is 9.79. The van der Waals surface area contributed by atoms with Crippen LogP contribution in [0.3, 0.4) is 0 Å². The third-order valence-electron chi connectivity index (χ3n) is 4.68. The van der Waals surface area contributed by atoms with E-state index in [9.17, 15) is 9.59 Å². The number of hydrogen-bond acceptors (Lipinski definition) is 6. The van der Waals surface area contributed by atoms with Crippen molar-refractivity contribution in [2.75, 3.05) is 44.5 Å². The molecule has 30 heavy (non-hydrogen) atoms. The van der Waals surface area contributed by atoms with Gasteiger partial charge in [0.25, 0.3) is 0 Å². The van der Waals surface area contributed by atoms with Crippen molar-refractivity contribution in [3.05, 3.63) is 41.4 Å². The SMILES string of the molecule is COc1ccc(Cl)cc1NC(=O)CN(C)C(C)C(=O)Nc1ccc2c(c1)OCCO2. The average Bonchev–Trinajstić information content (AvgIpc) is 2.73. The Morgan fingerprint density at radius 1 is 1.13 bits per heavy atom. The number of hydrogen-bond donors (Lipinski definition) is 2. The van der Waals surface area contributed by atoms with Gasteiger partial charge in [-0.25, -0.2) is 0 Å². The Morgan fingerprint density at radius 2 is 1.87 bits per heavy atom. The van der Waals surface area contributed by atoms with Crippen molar-refractivity contribution in [3.8, 4) is 17.2 Å². The molecule has 0 fully saturated rings. The number of ether oxygens (including phenoxy) is 3. The summed E-state index contributed by atoms with van der Waals surface area (Å²) in [5.74, 6) is 1.20. The lowest BCUT2D eigenvalue weighted by Gasteiger charge is -2.24. The highest BCUT2D eigenvalue weighted by Crippen LogP contribution is 2.32. The summed E-state index contributed by atoms with van der Waals surface area (Å²) in [7, 11) is 3.21. The van der Waals surface area contributed by atoms with Gasteiger partial charge in [0.15, 0.2) is 11.5 Å². The summed E-state index contributed by atoms with van der Waals surface area (Å²) < 4.78 is 16.2. The molecular formula is C21H24ClN3O5. The van der Waals surface area contributed by atoms with Gasteiger partial charge in [0.2, 0.25) is 11.8 Å². The average molecular weight is 434 g/mol. The number of anilines is 2. The second kappa shape index (κ2) is 9.69. The monoisotopic (exact) mass is 433 g/mol. The minimum Gasteiger partial charge on any atom is -0.495 e. The minimum atomic E-state index is -0.551. The number of fused-ring (bicyclic) bond motifs is 1. The van der Waals surface area contributed by atoms with Crippen LogP contribution in [0.25, 0.3) is 0 Å². The summed E-state index contributed by atoms with van der Waals surface area (Å²) in [4.78, 5) is 26.7. The second-order valence-electron chi connectivity index (χ2n) is 6.83. The van der Waals surface area contributed by atoms with Crippen LogP contribution < -0.4 is 24.8 Å². The Balaban J connectivity index is 1.57. The molecule has 2 aromatic rings. The molecule has 1 unspecified atom stereocenters. The number of carbonyl (C=O) groups excluding carboxylic acids is 2. The van der Waals surface area contributed by atoms with E-state index in [4.69, 9.17) is 25.8 Å². The van der Waals surface area contributed by atoms with Gasteiger partial charge >= 0.3 is 0 Å². The van der Waals surface area contributed by atoms with E-state index in [2.05, 4.69) is 10.6 Å². The summed E-state index contributed by atoms with van der Waals surface area (Å²) in [6.45, 7) is 2.70. The van der Waals surface area contributed by atoms with Gasteiger partial charge in [-0.3, -0.25) is 14.5 Å². The van der Waals surface area contributed by atoms with E-state index in [0.717, 1.165) is 0 Å². The lowest BCUT2D eigenvalue weighted by Crippen LogP contribution is -2.43. The van der Waals surface area contributed by atoms with Gasteiger partial charge in [-0.15, -0.1) is 0 Å². The van der Waals surface area contributed by atoms with Crippen LogP contribution in [-0.4, -0.2) is 56.7 Å². The number of nitrogens with zero attached hydrogens (tertiary/aromatic N) is 1. The number of benzene rings is 2. The molecule has 2 amide bonds. The number of carbonyl (C=O) groups is 2. The lowest BCUT2D eigenvalue weighted by atomic mass is 10.2. The van der Waals surface area contributed by atoms with Crippen LogP contribution in [0.4, 0.5) is 11.4 Å². The molecule has 8 nitrogen and oxygen atoms in total. The number of amides is 2. The molecule has 0 aliphatic carbocycles. The Hall–Kier alpha value is -2.97. The molecular weight excluding hydrogens is 410 g/mol. The molecule has 0 bridgehead atoms. The second-order valence-corrected chi connectivity index (χ2v) is 7.27. The van der Waals surface area contributed by atoms with E-state index in [1.165, 1.54) is 7.11 Å². The largest absolute Gasteiger partial charge is 0.495 e. The van der Waals surface area contributed by atoms with Crippen molar-refractivity contribution in [3.63, 3.8) is 0 Å². The lowest BCUT2D eigenvalue weighted by molar-refractivity contribution is -0.122. The van der Waals surface area contributed by atoms with Crippen molar-refractivity contribution in [2.45, 2.75) is 13.0 Å². The van der Waals surface area contributed by atoms with E-state index in [1.54, 1.807) is 55.3 Å². The fourth-order valence-corrected chi connectivity index (χ4v) is 3.07. The Morgan fingerprint density at radius 3 is 2.60 bits per heavy atom. The minimum absolute atomic E-state index is 0.00535. The maximum atomic E-state index is 12.6. The molecule has 2 aromatic carbocycles. The molecule has 0 saturated carbocycles. The van der Waals surface area contributed by atoms with Gasteiger partial charge in [0.1, 0.15) is 19.0 Å². The van der Waals surface area contributed by atoms with Crippen molar-refractivity contribution in [1.82, 2.24) is 4.90 Å².